The highest BCUT2D eigenvalue weighted by molar-refractivity contribution is 5.83. The first-order valence-corrected chi connectivity index (χ1v) is 8.53. The van der Waals surface area contributed by atoms with Crippen molar-refractivity contribution in [2.75, 3.05) is 13.6 Å². The van der Waals surface area contributed by atoms with Crippen molar-refractivity contribution in [3.8, 4) is 0 Å². The Kier molecular flexibility index (Phi) is 4.79. The molecule has 1 aliphatic rings. The zero-order valence-electron chi connectivity index (χ0n) is 14.1. The van der Waals surface area contributed by atoms with E-state index >= 15 is 0 Å². The molecule has 0 aliphatic heterocycles. The molecule has 2 N–H and O–H groups in total. The van der Waals surface area contributed by atoms with Crippen molar-refractivity contribution in [1.29, 1.82) is 0 Å². The quantitative estimate of drug-likeness (QED) is 0.656. The van der Waals surface area contributed by atoms with Crippen LogP contribution in [-0.4, -0.2) is 24.5 Å². The number of para-hydroxylation sites is 1. The van der Waals surface area contributed by atoms with Gasteiger partial charge in [-0.25, -0.2) is 0 Å². The molecular weight excluding hydrogens is 284 g/mol. The van der Waals surface area contributed by atoms with E-state index in [9.17, 15) is 0 Å². The number of aromatic nitrogens is 1. The van der Waals surface area contributed by atoms with Gasteiger partial charge in [0, 0.05) is 31.7 Å². The van der Waals surface area contributed by atoms with Crippen molar-refractivity contribution >= 4 is 16.9 Å². The van der Waals surface area contributed by atoms with Gasteiger partial charge in [0.1, 0.15) is 0 Å². The molecule has 0 spiro atoms. The molecule has 4 heteroatoms. The Morgan fingerprint density at radius 2 is 2.04 bits per heavy atom. The molecule has 1 aromatic carbocycles. The van der Waals surface area contributed by atoms with E-state index in [-0.39, 0.29) is 0 Å². The smallest absolute Gasteiger partial charge is 0.191 e. The molecule has 0 unspecified atom stereocenters. The van der Waals surface area contributed by atoms with Crippen LogP contribution in [0.15, 0.2) is 41.5 Å². The summed E-state index contributed by atoms with van der Waals surface area (Å²) in [5.74, 6) is 0.880. The zero-order chi connectivity index (χ0) is 16.1. The van der Waals surface area contributed by atoms with Crippen LogP contribution in [0.4, 0.5) is 0 Å². The van der Waals surface area contributed by atoms with Gasteiger partial charge in [-0.2, -0.15) is 0 Å². The van der Waals surface area contributed by atoms with Gasteiger partial charge in [0.15, 0.2) is 5.96 Å². The van der Waals surface area contributed by atoms with Gasteiger partial charge in [-0.3, -0.25) is 9.98 Å². The maximum Gasteiger partial charge on any atom is 0.191 e. The molecule has 0 atom stereocenters. The lowest BCUT2D eigenvalue weighted by Gasteiger charge is -2.41. The maximum atomic E-state index is 4.41. The first-order valence-electron chi connectivity index (χ1n) is 8.53. The molecule has 0 bridgehead atoms. The normalized spacial score (nSPS) is 16.9. The zero-order valence-corrected chi connectivity index (χ0v) is 14.1. The lowest BCUT2D eigenvalue weighted by Crippen LogP contribution is -2.46. The molecule has 2 aromatic rings. The SMILES string of the molecule is CCC1(CNC(=NC)NCc2ccnc3ccccc23)CCC1. The number of rotatable bonds is 5. The average Bonchev–Trinajstić information content (AvgIpc) is 2.57. The molecule has 1 heterocycles. The monoisotopic (exact) mass is 310 g/mol. The van der Waals surface area contributed by atoms with Crippen molar-refractivity contribution in [2.45, 2.75) is 39.2 Å². The minimum atomic E-state index is 0.487. The molecule has 1 fully saturated rings. The molecule has 0 radical (unpaired) electrons. The van der Waals surface area contributed by atoms with Crippen molar-refractivity contribution in [2.24, 2.45) is 10.4 Å². The summed E-state index contributed by atoms with van der Waals surface area (Å²) >= 11 is 0. The second-order valence-electron chi connectivity index (χ2n) is 6.47. The predicted molar refractivity (Wildman–Crippen MR) is 96.5 cm³/mol. The van der Waals surface area contributed by atoms with Gasteiger partial charge in [-0.1, -0.05) is 31.5 Å². The molecule has 122 valence electrons. The highest BCUT2D eigenvalue weighted by Crippen LogP contribution is 2.42. The predicted octanol–water partition coefficient (Wildman–Crippen LogP) is 3.48. The van der Waals surface area contributed by atoms with Gasteiger partial charge in [0.05, 0.1) is 5.52 Å². The number of fused-ring (bicyclic) bond motifs is 1. The number of guanidine groups is 1. The Labute approximate surface area is 138 Å². The van der Waals surface area contributed by atoms with Crippen LogP contribution in [0.5, 0.6) is 0 Å². The summed E-state index contributed by atoms with van der Waals surface area (Å²) in [5.41, 5.74) is 2.77. The summed E-state index contributed by atoms with van der Waals surface area (Å²) in [5, 5.41) is 8.13. The Hall–Kier alpha value is -2.10. The van der Waals surface area contributed by atoms with E-state index in [1.807, 2.05) is 25.4 Å². The van der Waals surface area contributed by atoms with E-state index < -0.39 is 0 Å². The third-order valence-electron chi connectivity index (χ3n) is 5.20. The third-order valence-corrected chi connectivity index (χ3v) is 5.20. The highest BCUT2D eigenvalue weighted by atomic mass is 15.2. The molecule has 0 amide bonds. The maximum absolute atomic E-state index is 4.41. The summed E-state index contributed by atoms with van der Waals surface area (Å²) in [6, 6.07) is 10.3. The van der Waals surface area contributed by atoms with Crippen LogP contribution in [0.1, 0.15) is 38.2 Å². The van der Waals surface area contributed by atoms with Crippen LogP contribution in [0.2, 0.25) is 0 Å². The molecule has 1 aromatic heterocycles. The fourth-order valence-electron chi connectivity index (χ4n) is 3.31. The Bertz CT molecular complexity index is 678. The first kappa shape index (κ1) is 15.8. The Balaban J connectivity index is 1.61. The molecule has 0 saturated heterocycles. The summed E-state index contributed by atoms with van der Waals surface area (Å²) in [4.78, 5) is 8.77. The lowest BCUT2D eigenvalue weighted by molar-refractivity contribution is 0.131. The van der Waals surface area contributed by atoms with E-state index in [0.29, 0.717) is 5.41 Å². The summed E-state index contributed by atoms with van der Waals surface area (Å²) in [6.45, 7) is 4.06. The van der Waals surface area contributed by atoms with E-state index in [0.717, 1.165) is 24.6 Å². The summed E-state index contributed by atoms with van der Waals surface area (Å²) in [6.07, 6.45) is 7.15. The molecular formula is C19H26N4. The van der Waals surface area contributed by atoms with Gasteiger partial charge in [0.2, 0.25) is 0 Å². The molecule has 4 nitrogen and oxygen atoms in total. The van der Waals surface area contributed by atoms with Crippen molar-refractivity contribution in [3.05, 3.63) is 42.1 Å². The van der Waals surface area contributed by atoms with Gasteiger partial charge < -0.3 is 10.6 Å². The molecule has 3 rings (SSSR count). The topological polar surface area (TPSA) is 49.3 Å². The van der Waals surface area contributed by atoms with Crippen molar-refractivity contribution < 1.29 is 0 Å². The summed E-state index contributed by atoms with van der Waals surface area (Å²) < 4.78 is 0. The fraction of sp³-hybridized carbons (Fsp3) is 0.474. The number of aliphatic imine (C=N–C) groups is 1. The van der Waals surface area contributed by atoms with Gasteiger partial charge in [0.25, 0.3) is 0 Å². The van der Waals surface area contributed by atoms with Crippen molar-refractivity contribution in [3.63, 3.8) is 0 Å². The fourth-order valence-corrected chi connectivity index (χ4v) is 3.31. The van der Waals surface area contributed by atoms with Crippen LogP contribution < -0.4 is 10.6 Å². The number of nitrogens with zero attached hydrogens (tertiary/aromatic N) is 2. The molecule has 1 aliphatic carbocycles. The second-order valence-corrected chi connectivity index (χ2v) is 6.47. The van der Waals surface area contributed by atoms with Crippen LogP contribution in [-0.2, 0) is 6.54 Å². The lowest BCUT2D eigenvalue weighted by atomic mass is 9.67. The number of hydrogen-bond acceptors (Lipinski definition) is 2. The van der Waals surface area contributed by atoms with Gasteiger partial charge in [-0.15, -0.1) is 0 Å². The summed E-state index contributed by atoms with van der Waals surface area (Å²) in [7, 11) is 1.83. The van der Waals surface area contributed by atoms with E-state index in [1.54, 1.807) is 0 Å². The van der Waals surface area contributed by atoms with Gasteiger partial charge >= 0.3 is 0 Å². The molecule has 1 saturated carbocycles. The first-order chi connectivity index (χ1) is 11.3. The Morgan fingerprint density at radius 3 is 2.74 bits per heavy atom. The van der Waals surface area contributed by atoms with Crippen LogP contribution in [0.25, 0.3) is 10.9 Å². The third kappa shape index (κ3) is 3.46. The molecule has 23 heavy (non-hydrogen) atoms. The average molecular weight is 310 g/mol. The van der Waals surface area contributed by atoms with Crippen molar-refractivity contribution in [1.82, 2.24) is 15.6 Å². The number of benzene rings is 1. The largest absolute Gasteiger partial charge is 0.356 e. The van der Waals surface area contributed by atoms with Crippen LogP contribution in [0, 0.1) is 5.41 Å². The van der Waals surface area contributed by atoms with Crippen LogP contribution in [0.3, 0.4) is 0 Å². The van der Waals surface area contributed by atoms with E-state index in [2.05, 4.69) is 45.7 Å². The number of pyridine rings is 1. The minimum Gasteiger partial charge on any atom is -0.356 e. The standard InChI is InChI=1S/C19H26N4/c1-3-19(10-6-11-19)14-23-18(20-2)22-13-15-9-12-21-17-8-5-4-7-16(15)17/h4-5,7-9,12H,3,6,10-11,13-14H2,1-2H3,(H2,20,22,23). The number of nitrogens with one attached hydrogen (secondary N) is 2. The van der Waals surface area contributed by atoms with Crippen LogP contribution >= 0.6 is 0 Å². The van der Waals surface area contributed by atoms with E-state index in [1.165, 1.54) is 36.6 Å². The highest BCUT2D eigenvalue weighted by Gasteiger charge is 2.34. The number of hydrogen-bond donors (Lipinski definition) is 2. The van der Waals surface area contributed by atoms with E-state index in [4.69, 9.17) is 0 Å². The minimum absolute atomic E-state index is 0.487. The Morgan fingerprint density at radius 1 is 1.22 bits per heavy atom. The second kappa shape index (κ2) is 6.99. The van der Waals surface area contributed by atoms with Gasteiger partial charge in [-0.05, 0) is 42.4 Å².